The van der Waals surface area contributed by atoms with Gasteiger partial charge in [-0.15, -0.1) is 11.3 Å². The standard InChI is InChI=1S/C18H20N2O3S/c1-12-4-6-13(7-5-12)20-16(22)11-14(18(23)19-8-9-21)17(20)15-3-2-10-24-15/h2-7,10,14,17,21H,8-9,11H2,1H3,(H,19,23). The normalized spacial score (nSPS) is 20.4. The molecule has 2 atom stereocenters. The average molecular weight is 344 g/mol. The summed E-state index contributed by atoms with van der Waals surface area (Å²) in [5.74, 6) is -0.698. The number of thiophene rings is 1. The van der Waals surface area contributed by atoms with Crippen LogP contribution in [0.2, 0.25) is 0 Å². The van der Waals surface area contributed by atoms with Gasteiger partial charge < -0.3 is 15.3 Å². The zero-order valence-electron chi connectivity index (χ0n) is 13.4. The molecule has 126 valence electrons. The Morgan fingerprint density at radius 3 is 2.71 bits per heavy atom. The molecule has 2 heterocycles. The van der Waals surface area contributed by atoms with Gasteiger partial charge in [-0.1, -0.05) is 23.8 Å². The number of hydrogen-bond acceptors (Lipinski definition) is 4. The van der Waals surface area contributed by atoms with E-state index in [0.29, 0.717) is 0 Å². The SMILES string of the molecule is Cc1ccc(N2C(=O)CC(C(=O)NCCO)C2c2cccs2)cc1. The lowest BCUT2D eigenvalue weighted by atomic mass is 9.97. The van der Waals surface area contributed by atoms with Crippen molar-refractivity contribution in [1.82, 2.24) is 5.32 Å². The Morgan fingerprint density at radius 1 is 1.33 bits per heavy atom. The summed E-state index contributed by atoms with van der Waals surface area (Å²) >= 11 is 1.55. The van der Waals surface area contributed by atoms with Gasteiger partial charge in [0.1, 0.15) is 0 Å². The molecular weight excluding hydrogens is 324 g/mol. The number of aliphatic hydroxyl groups excluding tert-OH is 1. The van der Waals surface area contributed by atoms with E-state index >= 15 is 0 Å². The van der Waals surface area contributed by atoms with Crippen molar-refractivity contribution in [2.75, 3.05) is 18.1 Å². The molecule has 1 aromatic heterocycles. The zero-order valence-corrected chi connectivity index (χ0v) is 14.3. The van der Waals surface area contributed by atoms with Gasteiger partial charge in [0.05, 0.1) is 18.6 Å². The van der Waals surface area contributed by atoms with Crippen LogP contribution in [0.5, 0.6) is 0 Å². The quantitative estimate of drug-likeness (QED) is 0.874. The molecular formula is C18H20N2O3S. The molecule has 1 fully saturated rings. The lowest BCUT2D eigenvalue weighted by Crippen LogP contribution is -2.36. The van der Waals surface area contributed by atoms with Crippen LogP contribution in [0, 0.1) is 12.8 Å². The van der Waals surface area contributed by atoms with E-state index in [9.17, 15) is 9.59 Å². The Hall–Kier alpha value is -2.18. The fraction of sp³-hybridized carbons (Fsp3) is 0.333. The third-order valence-electron chi connectivity index (χ3n) is 4.22. The summed E-state index contributed by atoms with van der Waals surface area (Å²) in [6, 6.07) is 11.4. The minimum absolute atomic E-state index is 0.0543. The summed E-state index contributed by atoms with van der Waals surface area (Å²) in [4.78, 5) is 27.9. The highest BCUT2D eigenvalue weighted by atomic mass is 32.1. The highest BCUT2D eigenvalue weighted by molar-refractivity contribution is 7.10. The lowest BCUT2D eigenvalue weighted by molar-refractivity contribution is -0.126. The molecule has 24 heavy (non-hydrogen) atoms. The van der Waals surface area contributed by atoms with Crippen LogP contribution >= 0.6 is 11.3 Å². The summed E-state index contributed by atoms with van der Waals surface area (Å²) in [6.45, 7) is 2.08. The molecule has 1 saturated heterocycles. The Labute approximate surface area is 144 Å². The van der Waals surface area contributed by atoms with Crippen molar-refractivity contribution in [3.8, 4) is 0 Å². The van der Waals surface area contributed by atoms with Crippen LogP contribution in [0.3, 0.4) is 0 Å². The van der Waals surface area contributed by atoms with Crippen molar-refractivity contribution < 1.29 is 14.7 Å². The molecule has 0 bridgehead atoms. The molecule has 0 saturated carbocycles. The van der Waals surface area contributed by atoms with Gasteiger partial charge in [-0.05, 0) is 30.5 Å². The number of anilines is 1. The minimum Gasteiger partial charge on any atom is -0.395 e. The molecule has 1 aliphatic rings. The number of aryl methyl sites for hydroxylation is 1. The van der Waals surface area contributed by atoms with Gasteiger partial charge in [0.25, 0.3) is 0 Å². The van der Waals surface area contributed by atoms with Gasteiger partial charge >= 0.3 is 0 Å². The first-order valence-corrected chi connectivity index (χ1v) is 8.80. The van der Waals surface area contributed by atoms with Crippen molar-refractivity contribution in [3.05, 3.63) is 52.2 Å². The molecule has 1 aromatic carbocycles. The molecule has 2 unspecified atom stereocenters. The second kappa shape index (κ2) is 7.15. The molecule has 2 amide bonds. The van der Waals surface area contributed by atoms with Crippen LogP contribution in [-0.2, 0) is 9.59 Å². The van der Waals surface area contributed by atoms with E-state index in [4.69, 9.17) is 5.11 Å². The van der Waals surface area contributed by atoms with Gasteiger partial charge in [0, 0.05) is 23.5 Å². The average Bonchev–Trinajstić information content (AvgIpc) is 3.21. The molecule has 1 aliphatic heterocycles. The van der Waals surface area contributed by atoms with Crippen molar-refractivity contribution in [2.24, 2.45) is 5.92 Å². The van der Waals surface area contributed by atoms with E-state index in [1.54, 1.807) is 16.2 Å². The van der Waals surface area contributed by atoms with Crippen molar-refractivity contribution in [3.63, 3.8) is 0 Å². The summed E-state index contributed by atoms with van der Waals surface area (Å²) in [5, 5.41) is 13.6. The van der Waals surface area contributed by atoms with Gasteiger partial charge in [-0.3, -0.25) is 9.59 Å². The third-order valence-corrected chi connectivity index (χ3v) is 5.16. The predicted molar refractivity (Wildman–Crippen MR) is 93.9 cm³/mol. The third kappa shape index (κ3) is 3.20. The van der Waals surface area contributed by atoms with Gasteiger partial charge in [0.15, 0.2) is 0 Å². The van der Waals surface area contributed by atoms with E-state index in [-0.39, 0.29) is 37.4 Å². The fourth-order valence-electron chi connectivity index (χ4n) is 3.07. The number of aliphatic hydroxyl groups is 1. The van der Waals surface area contributed by atoms with Gasteiger partial charge in [-0.2, -0.15) is 0 Å². The van der Waals surface area contributed by atoms with Crippen LogP contribution in [0.15, 0.2) is 41.8 Å². The molecule has 0 radical (unpaired) electrons. The van der Waals surface area contributed by atoms with Gasteiger partial charge in [0.2, 0.25) is 11.8 Å². The number of amides is 2. The summed E-state index contributed by atoms with van der Waals surface area (Å²) in [7, 11) is 0. The van der Waals surface area contributed by atoms with Crippen molar-refractivity contribution in [1.29, 1.82) is 0 Å². The maximum Gasteiger partial charge on any atom is 0.228 e. The fourth-order valence-corrected chi connectivity index (χ4v) is 3.96. The zero-order chi connectivity index (χ0) is 17.1. The summed E-state index contributed by atoms with van der Waals surface area (Å²) in [6.07, 6.45) is 0.174. The smallest absolute Gasteiger partial charge is 0.228 e. The van der Waals surface area contributed by atoms with Crippen molar-refractivity contribution >= 4 is 28.8 Å². The maximum atomic E-state index is 12.7. The second-order valence-corrected chi connectivity index (χ2v) is 6.86. The Morgan fingerprint density at radius 2 is 2.08 bits per heavy atom. The number of rotatable bonds is 5. The number of carbonyl (C=O) groups is 2. The highest BCUT2D eigenvalue weighted by Crippen LogP contribution is 2.42. The van der Waals surface area contributed by atoms with E-state index in [0.717, 1.165) is 16.1 Å². The van der Waals surface area contributed by atoms with E-state index < -0.39 is 5.92 Å². The predicted octanol–water partition coefficient (Wildman–Crippen LogP) is 2.26. The Balaban J connectivity index is 1.96. The van der Waals surface area contributed by atoms with E-state index in [1.165, 1.54) is 0 Å². The first-order chi connectivity index (χ1) is 11.6. The molecule has 2 N–H and O–H groups in total. The molecule has 3 rings (SSSR count). The number of hydrogen-bond donors (Lipinski definition) is 2. The number of nitrogens with one attached hydrogen (secondary N) is 1. The van der Waals surface area contributed by atoms with Crippen LogP contribution < -0.4 is 10.2 Å². The summed E-state index contributed by atoms with van der Waals surface area (Å²) < 4.78 is 0. The monoisotopic (exact) mass is 344 g/mol. The van der Waals surface area contributed by atoms with Crippen molar-refractivity contribution in [2.45, 2.75) is 19.4 Å². The number of nitrogens with zero attached hydrogens (tertiary/aromatic N) is 1. The topological polar surface area (TPSA) is 69.6 Å². The molecule has 0 aliphatic carbocycles. The second-order valence-electron chi connectivity index (χ2n) is 5.88. The highest BCUT2D eigenvalue weighted by Gasteiger charge is 2.45. The maximum absolute atomic E-state index is 12.7. The number of carbonyl (C=O) groups excluding carboxylic acids is 2. The molecule has 6 heteroatoms. The molecule has 5 nitrogen and oxygen atoms in total. The van der Waals surface area contributed by atoms with E-state index in [1.807, 2.05) is 48.7 Å². The molecule has 0 spiro atoms. The number of benzene rings is 1. The largest absolute Gasteiger partial charge is 0.395 e. The van der Waals surface area contributed by atoms with Crippen LogP contribution in [-0.4, -0.2) is 30.1 Å². The van der Waals surface area contributed by atoms with Crippen LogP contribution in [0.25, 0.3) is 0 Å². The van der Waals surface area contributed by atoms with Gasteiger partial charge in [-0.25, -0.2) is 0 Å². The Kier molecular flexibility index (Phi) is 4.97. The first kappa shape index (κ1) is 16.7. The Bertz CT molecular complexity index is 712. The minimum atomic E-state index is -0.455. The summed E-state index contributed by atoms with van der Waals surface area (Å²) in [5.41, 5.74) is 1.93. The molecule has 2 aromatic rings. The van der Waals surface area contributed by atoms with Crippen LogP contribution in [0.1, 0.15) is 22.9 Å². The van der Waals surface area contributed by atoms with E-state index in [2.05, 4.69) is 5.32 Å². The van der Waals surface area contributed by atoms with Crippen LogP contribution in [0.4, 0.5) is 5.69 Å². The first-order valence-electron chi connectivity index (χ1n) is 7.92. The lowest BCUT2D eigenvalue weighted by Gasteiger charge is -2.27.